The standard InChI is InChI=1S/C6H10O5/c7-1-4-6(10)5(9)3(8)2-11-4/h3-5,7-9H,1-2H2/t3-,4+,5+/m0/s1. The molecule has 0 radical (unpaired) electrons. The van der Waals surface area contributed by atoms with Crippen molar-refractivity contribution in [3.63, 3.8) is 0 Å². The van der Waals surface area contributed by atoms with E-state index < -0.39 is 30.7 Å². The van der Waals surface area contributed by atoms with Crippen LogP contribution in [0.3, 0.4) is 0 Å². The van der Waals surface area contributed by atoms with Gasteiger partial charge in [0.2, 0.25) is 0 Å². The summed E-state index contributed by atoms with van der Waals surface area (Å²) in [6.45, 7) is -0.569. The summed E-state index contributed by atoms with van der Waals surface area (Å²) >= 11 is 0. The van der Waals surface area contributed by atoms with Gasteiger partial charge in [0, 0.05) is 0 Å². The lowest BCUT2D eigenvalue weighted by Gasteiger charge is -2.27. The monoisotopic (exact) mass is 162 g/mol. The Morgan fingerprint density at radius 1 is 1.55 bits per heavy atom. The fraction of sp³-hybridized carbons (Fsp3) is 0.833. The maximum atomic E-state index is 10.9. The molecule has 1 rings (SSSR count). The third-order valence-corrected chi connectivity index (χ3v) is 1.61. The Hall–Kier alpha value is -0.490. The summed E-state index contributed by atoms with van der Waals surface area (Å²) in [4.78, 5) is 10.9. The maximum absolute atomic E-state index is 10.9. The van der Waals surface area contributed by atoms with Crippen molar-refractivity contribution < 1.29 is 24.9 Å². The van der Waals surface area contributed by atoms with Gasteiger partial charge in [-0.3, -0.25) is 4.79 Å². The van der Waals surface area contributed by atoms with Gasteiger partial charge in [0.25, 0.3) is 0 Å². The van der Waals surface area contributed by atoms with Gasteiger partial charge >= 0.3 is 0 Å². The minimum absolute atomic E-state index is 0.113. The first kappa shape index (κ1) is 8.61. The number of ether oxygens (including phenoxy) is 1. The topological polar surface area (TPSA) is 87.0 Å². The summed E-state index contributed by atoms with van der Waals surface area (Å²) in [6.07, 6.45) is -3.56. The van der Waals surface area contributed by atoms with Crippen molar-refractivity contribution >= 4 is 5.78 Å². The zero-order chi connectivity index (χ0) is 8.43. The molecule has 0 saturated carbocycles. The molecule has 0 unspecified atom stereocenters. The molecular weight excluding hydrogens is 152 g/mol. The van der Waals surface area contributed by atoms with Crippen molar-refractivity contribution in [1.29, 1.82) is 0 Å². The summed E-state index contributed by atoms with van der Waals surface area (Å²) in [6, 6.07) is 0. The normalized spacial score (nSPS) is 39.2. The first-order chi connectivity index (χ1) is 5.16. The van der Waals surface area contributed by atoms with Gasteiger partial charge in [0.15, 0.2) is 5.78 Å². The number of ketones is 1. The molecule has 0 amide bonds. The molecular formula is C6H10O5. The molecule has 5 nitrogen and oxygen atoms in total. The van der Waals surface area contributed by atoms with E-state index in [2.05, 4.69) is 0 Å². The van der Waals surface area contributed by atoms with Gasteiger partial charge in [0.1, 0.15) is 18.3 Å². The van der Waals surface area contributed by atoms with Gasteiger partial charge in [-0.25, -0.2) is 0 Å². The molecule has 3 atom stereocenters. The molecule has 64 valence electrons. The molecule has 3 N–H and O–H groups in total. The van der Waals surface area contributed by atoms with Gasteiger partial charge in [-0.15, -0.1) is 0 Å². The average molecular weight is 162 g/mol. The van der Waals surface area contributed by atoms with E-state index in [1.165, 1.54) is 0 Å². The van der Waals surface area contributed by atoms with Crippen molar-refractivity contribution in [3.05, 3.63) is 0 Å². The summed E-state index contributed by atoms with van der Waals surface area (Å²) in [5.74, 6) is -0.661. The second-order valence-electron chi connectivity index (χ2n) is 2.42. The Kier molecular flexibility index (Phi) is 2.56. The number of carbonyl (C=O) groups is 1. The van der Waals surface area contributed by atoms with E-state index >= 15 is 0 Å². The zero-order valence-electron chi connectivity index (χ0n) is 5.80. The molecule has 1 fully saturated rings. The van der Waals surface area contributed by atoms with Gasteiger partial charge < -0.3 is 20.1 Å². The van der Waals surface area contributed by atoms with Gasteiger partial charge in [-0.05, 0) is 0 Å². The van der Waals surface area contributed by atoms with E-state index in [-0.39, 0.29) is 6.61 Å². The minimum atomic E-state index is -1.42. The second-order valence-corrected chi connectivity index (χ2v) is 2.42. The van der Waals surface area contributed by atoms with Crippen molar-refractivity contribution in [2.75, 3.05) is 13.2 Å². The van der Waals surface area contributed by atoms with Crippen LogP contribution in [0.2, 0.25) is 0 Å². The van der Waals surface area contributed by atoms with Gasteiger partial charge in [0.05, 0.1) is 13.2 Å². The highest BCUT2D eigenvalue weighted by molar-refractivity contribution is 5.88. The largest absolute Gasteiger partial charge is 0.393 e. The maximum Gasteiger partial charge on any atom is 0.194 e. The Bertz CT molecular complexity index is 153. The molecule has 5 heteroatoms. The lowest BCUT2D eigenvalue weighted by atomic mass is 10.0. The van der Waals surface area contributed by atoms with Crippen LogP contribution in [0, 0.1) is 0 Å². The van der Waals surface area contributed by atoms with E-state index in [1.54, 1.807) is 0 Å². The van der Waals surface area contributed by atoms with E-state index in [0.717, 1.165) is 0 Å². The molecule has 0 aliphatic carbocycles. The number of hydrogen-bond donors (Lipinski definition) is 3. The van der Waals surface area contributed by atoms with E-state index in [4.69, 9.17) is 20.1 Å². The quantitative estimate of drug-likeness (QED) is 0.402. The SMILES string of the molecule is O=C1[C@@H](CO)OC[C@H](O)[C@H]1O. The molecule has 0 aromatic carbocycles. The lowest BCUT2D eigenvalue weighted by Crippen LogP contribution is -2.50. The molecule has 0 bridgehead atoms. The fourth-order valence-corrected chi connectivity index (χ4v) is 0.911. The molecule has 11 heavy (non-hydrogen) atoms. The Morgan fingerprint density at radius 2 is 2.18 bits per heavy atom. The van der Waals surface area contributed by atoms with E-state index in [9.17, 15) is 4.79 Å². The van der Waals surface area contributed by atoms with Crippen LogP contribution in [0.1, 0.15) is 0 Å². The van der Waals surface area contributed by atoms with Crippen molar-refractivity contribution in [1.82, 2.24) is 0 Å². The fourth-order valence-electron chi connectivity index (χ4n) is 0.911. The number of aliphatic hydroxyl groups excluding tert-OH is 3. The van der Waals surface area contributed by atoms with Gasteiger partial charge in [-0.2, -0.15) is 0 Å². The van der Waals surface area contributed by atoms with Gasteiger partial charge in [-0.1, -0.05) is 0 Å². The summed E-state index contributed by atoms with van der Waals surface area (Å²) in [5, 5.41) is 26.4. The third-order valence-electron chi connectivity index (χ3n) is 1.61. The molecule has 0 spiro atoms. The molecule has 1 saturated heterocycles. The van der Waals surface area contributed by atoms with Crippen LogP contribution < -0.4 is 0 Å². The first-order valence-corrected chi connectivity index (χ1v) is 3.29. The minimum Gasteiger partial charge on any atom is -0.393 e. The number of Topliss-reactive ketones (excluding diaryl/α,β-unsaturated/α-hetero) is 1. The van der Waals surface area contributed by atoms with Crippen LogP contribution in [0.4, 0.5) is 0 Å². The molecule has 1 heterocycles. The van der Waals surface area contributed by atoms with Crippen LogP contribution in [0.5, 0.6) is 0 Å². The third kappa shape index (κ3) is 1.57. The highest BCUT2D eigenvalue weighted by Crippen LogP contribution is 2.09. The lowest BCUT2D eigenvalue weighted by molar-refractivity contribution is -0.167. The highest BCUT2D eigenvalue weighted by Gasteiger charge is 2.36. The second kappa shape index (κ2) is 3.27. The Balaban J connectivity index is 2.59. The zero-order valence-corrected chi connectivity index (χ0v) is 5.80. The van der Waals surface area contributed by atoms with Crippen LogP contribution in [0.15, 0.2) is 0 Å². The number of aliphatic hydroxyl groups is 3. The summed E-state index contributed by atoms with van der Waals surface area (Å²) < 4.78 is 4.71. The van der Waals surface area contributed by atoms with E-state index in [0.29, 0.717) is 0 Å². The number of rotatable bonds is 1. The molecule has 1 aliphatic heterocycles. The molecule has 1 aliphatic rings. The van der Waals surface area contributed by atoms with Crippen LogP contribution in [-0.2, 0) is 9.53 Å². The summed E-state index contributed by atoms with van der Waals surface area (Å²) in [5.41, 5.74) is 0. The van der Waals surface area contributed by atoms with Crippen molar-refractivity contribution in [2.24, 2.45) is 0 Å². The van der Waals surface area contributed by atoms with Crippen LogP contribution in [-0.4, -0.2) is 52.6 Å². The average Bonchev–Trinajstić information content (AvgIpc) is 2.01. The smallest absolute Gasteiger partial charge is 0.194 e. The Morgan fingerprint density at radius 3 is 2.73 bits per heavy atom. The first-order valence-electron chi connectivity index (χ1n) is 3.29. The summed E-state index contributed by atoms with van der Waals surface area (Å²) in [7, 11) is 0. The van der Waals surface area contributed by atoms with E-state index in [1.807, 2.05) is 0 Å². The predicted octanol–water partition coefficient (Wildman–Crippen LogP) is -2.33. The van der Waals surface area contributed by atoms with Crippen molar-refractivity contribution in [2.45, 2.75) is 18.3 Å². The molecule has 0 aromatic heterocycles. The molecule has 0 aromatic rings. The van der Waals surface area contributed by atoms with Crippen LogP contribution >= 0.6 is 0 Å². The highest BCUT2D eigenvalue weighted by atomic mass is 16.5. The Labute approximate surface area is 63.2 Å². The van der Waals surface area contributed by atoms with Crippen molar-refractivity contribution in [3.8, 4) is 0 Å². The number of hydrogen-bond acceptors (Lipinski definition) is 5. The van der Waals surface area contributed by atoms with Crippen LogP contribution in [0.25, 0.3) is 0 Å². The number of carbonyl (C=O) groups excluding carboxylic acids is 1. The predicted molar refractivity (Wildman–Crippen MR) is 33.8 cm³/mol.